The van der Waals surface area contributed by atoms with Crippen LogP contribution in [0, 0.1) is 19.8 Å². The molecule has 0 bridgehead atoms. The summed E-state index contributed by atoms with van der Waals surface area (Å²) in [5.41, 5.74) is 8.12. The lowest BCUT2D eigenvalue weighted by molar-refractivity contribution is -0.274. The van der Waals surface area contributed by atoms with Crippen LogP contribution in [0.5, 0.6) is 5.75 Å². The number of likely N-dealkylation sites (tertiary alicyclic amines) is 2. The average Bonchev–Trinajstić information content (AvgIpc) is 3.99. The first-order valence-corrected chi connectivity index (χ1v) is 19.2. The third kappa shape index (κ3) is 7.06. The maximum atomic E-state index is 13.9. The topological polar surface area (TPSA) is 137 Å². The normalized spacial score (nSPS) is 20.1. The van der Waals surface area contributed by atoms with E-state index in [1.165, 1.54) is 0 Å². The minimum atomic E-state index is -4.96. The highest BCUT2D eigenvalue weighted by Gasteiger charge is 2.41. The number of nitrogens with zero attached hydrogens (tertiary/aromatic N) is 5. The number of benzene rings is 3. The number of pyridine rings is 2. The van der Waals surface area contributed by atoms with Gasteiger partial charge in [-0.3, -0.25) is 19.6 Å². The van der Waals surface area contributed by atoms with Crippen molar-refractivity contribution in [2.75, 3.05) is 31.5 Å². The first kappa shape index (κ1) is 37.0. The number of oxazole rings is 1. The summed E-state index contributed by atoms with van der Waals surface area (Å²) >= 11 is 0. The Morgan fingerprint density at radius 3 is 2.53 bits per heavy atom. The fourth-order valence-corrected chi connectivity index (χ4v) is 8.92. The third-order valence-corrected chi connectivity index (χ3v) is 11.8. The van der Waals surface area contributed by atoms with Gasteiger partial charge in [-0.15, -0.1) is 13.2 Å². The van der Waals surface area contributed by atoms with Crippen molar-refractivity contribution in [3.05, 3.63) is 94.8 Å². The second-order valence-corrected chi connectivity index (χ2v) is 15.4. The molecule has 3 aliphatic rings. The van der Waals surface area contributed by atoms with Crippen LogP contribution in [0.25, 0.3) is 44.6 Å². The van der Waals surface area contributed by atoms with Gasteiger partial charge in [0, 0.05) is 66.8 Å². The molecule has 5 heterocycles. The highest BCUT2D eigenvalue weighted by molar-refractivity contribution is 5.91. The molecule has 0 saturated carbocycles. The van der Waals surface area contributed by atoms with Crippen molar-refractivity contribution in [1.82, 2.24) is 24.8 Å². The van der Waals surface area contributed by atoms with Crippen LogP contribution < -0.4 is 10.1 Å². The molecular weight excluding hydrogens is 738 g/mol. The van der Waals surface area contributed by atoms with E-state index in [-0.39, 0.29) is 34.9 Å². The molecule has 0 radical (unpaired) electrons. The summed E-state index contributed by atoms with van der Waals surface area (Å²) in [5.74, 6) is -0.978. The highest BCUT2D eigenvalue weighted by Crippen LogP contribution is 2.48. The lowest BCUT2D eigenvalue weighted by atomic mass is 9.93. The Morgan fingerprint density at radius 2 is 1.77 bits per heavy atom. The molecule has 3 atom stereocenters. The summed E-state index contributed by atoms with van der Waals surface area (Å²) < 4.78 is 52.6. The van der Waals surface area contributed by atoms with Crippen LogP contribution in [0.4, 0.5) is 24.7 Å². The van der Waals surface area contributed by atoms with E-state index in [9.17, 15) is 28.2 Å². The predicted molar refractivity (Wildman–Crippen MR) is 208 cm³/mol. The van der Waals surface area contributed by atoms with Crippen LogP contribution >= 0.6 is 0 Å². The number of halogens is 3. The number of carboxylic acid groups (broad SMARTS) is 1. The Morgan fingerprint density at radius 1 is 0.982 bits per heavy atom. The van der Waals surface area contributed by atoms with Crippen molar-refractivity contribution in [2.24, 2.45) is 5.92 Å². The van der Waals surface area contributed by atoms with E-state index < -0.39 is 18.2 Å². The van der Waals surface area contributed by atoms with Gasteiger partial charge in [-0.2, -0.15) is 0 Å². The Kier molecular flexibility index (Phi) is 9.37. The monoisotopic (exact) mass is 778 g/mol. The Hall–Kier alpha value is -5.57. The zero-order chi connectivity index (χ0) is 39.6. The van der Waals surface area contributed by atoms with Crippen molar-refractivity contribution < 1.29 is 37.3 Å². The van der Waals surface area contributed by atoms with Gasteiger partial charge in [-0.05, 0) is 110 Å². The lowest BCUT2D eigenvalue weighted by Crippen LogP contribution is -2.26. The van der Waals surface area contributed by atoms with E-state index >= 15 is 0 Å². The zero-order valence-electron chi connectivity index (χ0n) is 31.4. The molecule has 3 N–H and O–H groups in total. The molecule has 6 aromatic rings. The van der Waals surface area contributed by atoms with E-state index in [1.54, 1.807) is 12.3 Å². The molecule has 9 rings (SSSR count). The fourth-order valence-electron chi connectivity index (χ4n) is 8.92. The molecular formula is C43H41F3N6O5. The Balaban J connectivity index is 1.03. The van der Waals surface area contributed by atoms with Gasteiger partial charge in [0.15, 0.2) is 17.2 Å². The molecule has 0 unspecified atom stereocenters. The molecule has 11 nitrogen and oxygen atoms in total. The second-order valence-electron chi connectivity index (χ2n) is 15.4. The quantitative estimate of drug-likeness (QED) is 0.131. The molecule has 2 aliphatic heterocycles. The number of fused-ring (bicyclic) bond motifs is 3. The van der Waals surface area contributed by atoms with E-state index in [0.29, 0.717) is 67.9 Å². The van der Waals surface area contributed by atoms with Crippen molar-refractivity contribution in [3.63, 3.8) is 0 Å². The van der Waals surface area contributed by atoms with Gasteiger partial charge in [0.2, 0.25) is 5.89 Å². The van der Waals surface area contributed by atoms with Gasteiger partial charge >= 0.3 is 12.3 Å². The third-order valence-electron chi connectivity index (χ3n) is 11.8. The molecule has 57 heavy (non-hydrogen) atoms. The number of β-amino-alcohol motifs (C(OH)–C–C–N with tert-alkyl or cyclic N) is 1. The van der Waals surface area contributed by atoms with Crippen LogP contribution in [0.2, 0.25) is 0 Å². The summed E-state index contributed by atoms with van der Waals surface area (Å²) in [5, 5.41) is 24.0. The van der Waals surface area contributed by atoms with E-state index in [4.69, 9.17) is 14.4 Å². The van der Waals surface area contributed by atoms with E-state index in [0.717, 1.165) is 57.4 Å². The van der Waals surface area contributed by atoms with Crippen molar-refractivity contribution in [2.45, 2.75) is 64.6 Å². The predicted octanol–water partition coefficient (Wildman–Crippen LogP) is 8.32. The first-order valence-electron chi connectivity index (χ1n) is 19.2. The van der Waals surface area contributed by atoms with Crippen LogP contribution in [-0.2, 0) is 17.8 Å². The molecule has 3 aromatic heterocycles. The van der Waals surface area contributed by atoms with Crippen LogP contribution in [0.3, 0.4) is 0 Å². The fraction of sp³-hybridized carbons (Fsp3) is 0.349. The molecule has 3 aromatic carbocycles. The molecule has 2 saturated heterocycles. The maximum Gasteiger partial charge on any atom is 0.573 e. The molecule has 2 fully saturated rings. The van der Waals surface area contributed by atoms with E-state index in [1.807, 2.05) is 67.4 Å². The Labute approximate surface area is 326 Å². The van der Waals surface area contributed by atoms with Crippen molar-refractivity contribution >= 4 is 39.5 Å². The average molecular weight is 779 g/mol. The number of alkyl halides is 3. The van der Waals surface area contributed by atoms with E-state index in [2.05, 4.69) is 26.0 Å². The van der Waals surface area contributed by atoms with Gasteiger partial charge in [-0.1, -0.05) is 24.3 Å². The number of hydrogen-bond acceptors (Lipinski definition) is 10. The molecule has 0 amide bonds. The van der Waals surface area contributed by atoms with Gasteiger partial charge in [0.1, 0.15) is 11.0 Å². The minimum absolute atomic E-state index is 0.0723. The molecule has 14 heteroatoms. The molecule has 294 valence electrons. The van der Waals surface area contributed by atoms with Crippen LogP contribution in [0.1, 0.15) is 53.1 Å². The van der Waals surface area contributed by atoms with Gasteiger partial charge in [0.05, 0.1) is 12.0 Å². The SMILES string of the molecule is Cc1c(Nc2nccc3cc(CN4CC[C@@H](O)C4)cnc23)cccc1-c1cccc(-c2nc3cc4c(c(OC(F)(F)F)c3o2)CC[C@H]4N2CC[C@@H](C(=O)O)C2)c1C. The standard InChI is InChI=1S/C43H41F3N6O5/c1-23-29(30-6-4-8-34(24(30)2)49-40-37-26(11-14-47-40)17-25(19-48-37)20-51-15-13-28(53)22-51)5-3-7-31(23)41-50-35-18-33-32(38(39(35)56-41)57-43(44,45)46)9-10-36(33)52-16-12-27(21-52)42(54)55/h3-8,11,14,17-19,27-28,36,53H,9-10,12-13,15-16,20-22H2,1-2H3,(H,47,49)(H,54,55)/t27-,28-,36-/m1/s1. The largest absolute Gasteiger partial charge is 0.573 e. The summed E-state index contributed by atoms with van der Waals surface area (Å²) in [6.45, 7) is 7.06. The van der Waals surface area contributed by atoms with Crippen molar-refractivity contribution in [3.8, 4) is 28.3 Å². The molecule has 0 spiro atoms. The summed E-state index contributed by atoms with van der Waals surface area (Å²) in [6, 6.07) is 17.2. The number of rotatable bonds is 9. The lowest BCUT2D eigenvalue weighted by Gasteiger charge is -2.24. The highest BCUT2D eigenvalue weighted by atomic mass is 19.4. The number of aromatic nitrogens is 3. The second kappa shape index (κ2) is 14.4. The maximum absolute atomic E-state index is 13.9. The minimum Gasteiger partial charge on any atom is -0.481 e. The van der Waals surface area contributed by atoms with Crippen molar-refractivity contribution in [1.29, 1.82) is 0 Å². The molecule has 1 aliphatic carbocycles. The number of hydrogen-bond donors (Lipinski definition) is 3. The number of nitrogens with one attached hydrogen (secondary N) is 1. The Bertz CT molecular complexity index is 2540. The summed E-state index contributed by atoms with van der Waals surface area (Å²) in [4.78, 5) is 30.1. The van der Waals surface area contributed by atoms with Gasteiger partial charge in [0.25, 0.3) is 0 Å². The number of carbonyl (C=O) groups is 1. The zero-order valence-corrected chi connectivity index (χ0v) is 31.4. The van der Waals surface area contributed by atoms with Crippen LogP contribution in [-0.4, -0.2) is 79.6 Å². The smallest absolute Gasteiger partial charge is 0.481 e. The summed E-state index contributed by atoms with van der Waals surface area (Å²) in [6.07, 6.45) is 0.516. The van der Waals surface area contributed by atoms with Gasteiger partial charge < -0.3 is 24.7 Å². The number of ether oxygens (including phenoxy) is 1. The number of carboxylic acids is 1. The number of aliphatic carboxylic acids is 1. The van der Waals surface area contributed by atoms with Gasteiger partial charge in [-0.25, -0.2) is 9.97 Å². The van der Waals surface area contributed by atoms with Crippen LogP contribution in [0.15, 0.2) is 71.4 Å². The summed E-state index contributed by atoms with van der Waals surface area (Å²) in [7, 11) is 0. The number of aliphatic hydroxyl groups excluding tert-OH is 1. The first-order chi connectivity index (χ1) is 27.4. The number of aliphatic hydroxyl groups is 1. The number of anilines is 2.